The van der Waals surface area contributed by atoms with Crippen LogP contribution in [0.4, 0.5) is 0 Å². The van der Waals surface area contributed by atoms with Crippen LogP contribution in [0.3, 0.4) is 0 Å². The fourth-order valence-electron chi connectivity index (χ4n) is 2.01. The van der Waals surface area contributed by atoms with Gasteiger partial charge in [0.2, 0.25) is 0 Å². The molecule has 1 aromatic heterocycles. The zero-order valence-electron chi connectivity index (χ0n) is 9.55. The van der Waals surface area contributed by atoms with E-state index in [1.54, 1.807) is 7.11 Å². The van der Waals surface area contributed by atoms with Gasteiger partial charge in [-0.15, -0.1) is 0 Å². The lowest BCUT2D eigenvalue weighted by Gasteiger charge is -2.03. The molecule has 0 fully saturated rings. The van der Waals surface area contributed by atoms with Gasteiger partial charge >= 0.3 is 0 Å². The summed E-state index contributed by atoms with van der Waals surface area (Å²) in [6.45, 7) is 3.78. The van der Waals surface area contributed by atoms with E-state index in [2.05, 4.69) is 4.98 Å². The summed E-state index contributed by atoms with van der Waals surface area (Å²) in [5, 5.41) is 0.821. The third kappa shape index (κ3) is 1.43. The normalized spacial score (nSPS) is 10.7. The van der Waals surface area contributed by atoms with Gasteiger partial charge in [0.15, 0.2) is 0 Å². The van der Waals surface area contributed by atoms with Crippen LogP contribution in [-0.2, 0) is 0 Å². The molecule has 4 nitrogen and oxygen atoms in total. The third-order valence-electron chi connectivity index (χ3n) is 2.67. The van der Waals surface area contributed by atoms with Crippen molar-refractivity contribution in [3.63, 3.8) is 0 Å². The number of carbonyl (C=O) groups is 1. The molecule has 0 aliphatic carbocycles. The highest BCUT2D eigenvalue weighted by molar-refractivity contribution is 6.08. The van der Waals surface area contributed by atoms with Crippen molar-refractivity contribution in [3.05, 3.63) is 29.0 Å². The number of fused-ring (bicyclic) bond motifs is 1. The number of carbonyl (C=O) groups excluding carboxylic acids is 1. The molecule has 1 aromatic carbocycles. The molecule has 2 rings (SSSR count). The van der Waals surface area contributed by atoms with Crippen LogP contribution in [0.1, 0.15) is 21.6 Å². The summed E-state index contributed by atoms with van der Waals surface area (Å²) in [7, 11) is 1.61. The molecule has 0 spiro atoms. The summed E-state index contributed by atoms with van der Waals surface area (Å²) in [5.74, 6) is 0.307. The molecule has 2 aromatic rings. The molecule has 1 heterocycles. The van der Waals surface area contributed by atoms with Crippen molar-refractivity contribution in [1.82, 2.24) is 4.98 Å². The molecule has 0 radical (unpaired) electrons. The Bertz CT molecular complexity index is 570. The van der Waals surface area contributed by atoms with E-state index in [4.69, 9.17) is 10.5 Å². The molecule has 0 atom stereocenters. The lowest BCUT2D eigenvalue weighted by atomic mass is 10.1. The standard InChI is InChI=1S/C12H14N2O2/c1-6-4-8-10(12(13)15)7(2)14-11(8)9(5-6)16-3/h4-5,14H,1-3H3,(H2,13,15). The van der Waals surface area contributed by atoms with Crippen molar-refractivity contribution in [2.75, 3.05) is 7.11 Å². The number of primary amides is 1. The van der Waals surface area contributed by atoms with E-state index < -0.39 is 5.91 Å². The summed E-state index contributed by atoms with van der Waals surface area (Å²) in [4.78, 5) is 14.5. The lowest BCUT2D eigenvalue weighted by molar-refractivity contribution is 0.100. The van der Waals surface area contributed by atoms with E-state index in [1.807, 2.05) is 26.0 Å². The number of hydrogen-bond acceptors (Lipinski definition) is 2. The quantitative estimate of drug-likeness (QED) is 0.808. The zero-order chi connectivity index (χ0) is 11.9. The van der Waals surface area contributed by atoms with Crippen LogP contribution < -0.4 is 10.5 Å². The van der Waals surface area contributed by atoms with E-state index in [1.165, 1.54) is 0 Å². The topological polar surface area (TPSA) is 68.1 Å². The van der Waals surface area contributed by atoms with Gasteiger partial charge in [-0.3, -0.25) is 4.79 Å². The first-order valence-corrected chi connectivity index (χ1v) is 5.01. The molecule has 0 bridgehead atoms. The molecule has 0 saturated carbocycles. The molecular formula is C12H14N2O2. The Morgan fingerprint density at radius 2 is 2.06 bits per heavy atom. The van der Waals surface area contributed by atoms with E-state index >= 15 is 0 Å². The molecule has 0 aliphatic heterocycles. The number of amides is 1. The summed E-state index contributed by atoms with van der Waals surface area (Å²) in [6.07, 6.45) is 0. The lowest BCUT2D eigenvalue weighted by Crippen LogP contribution is -2.11. The van der Waals surface area contributed by atoms with Gasteiger partial charge in [0, 0.05) is 11.1 Å². The van der Waals surface area contributed by atoms with Crippen molar-refractivity contribution < 1.29 is 9.53 Å². The first-order chi connectivity index (χ1) is 7.54. The Morgan fingerprint density at radius 1 is 1.38 bits per heavy atom. The van der Waals surface area contributed by atoms with Gasteiger partial charge in [-0.1, -0.05) is 0 Å². The second-order valence-electron chi connectivity index (χ2n) is 3.88. The minimum atomic E-state index is -0.420. The second kappa shape index (κ2) is 3.56. The third-order valence-corrected chi connectivity index (χ3v) is 2.67. The van der Waals surface area contributed by atoms with Crippen LogP contribution in [0, 0.1) is 13.8 Å². The van der Waals surface area contributed by atoms with E-state index in [0.717, 1.165) is 27.9 Å². The summed E-state index contributed by atoms with van der Waals surface area (Å²) < 4.78 is 5.27. The largest absolute Gasteiger partial charge is 0.495 e. The number of methoxy groups -OCH3 is 1. The number of H-pyrrole nitrogens is 1. The van der Waals surface area contributed by atoms with Crippen molar-refractivity contribution >= 4 is 16.8 Å². The molecule has 3 N–H and O–H groups in total. The van der Waals surface area contributed by atoms with Gasteiger partial charge < -0.3 is 15.5 Å². The zero-order valence-corrected chi connectivity index (χ0v) is 9.55. The summed E-state index contributed by atoms with van der Waals surface area (Å²) >= 11 is 0. The Morgan fingerprint density at radius 3 is 2.62 bits per heavy atom. The summed E-state index contributed by atoms with van der Waals surface area (Å²) in [6, 6.07) is 3.85. The van der Waals surface area contributed by atoms with Crippen molar-refractivity contribution in [2.45, 2.75) is 13.8 Å². The van der Waals surface area contributed by atoms with Gasteiger partial charge in [-0.05, 0) is 31.5 Å². The Labute approximate surface area is 93.4 Å². The van der Waals surface area contributed by atoms with Crippen LogP contribution in [0.5, 0.6) is 5.75 Å². The minimum absolute atomic E-state index is 0.420. The van der Waals surface area contributed by atoms with Gasteiger partial charge in [-0.2, -0.15) is 0 Å². The highest BCUT2D eigenvalue weighted by Crippen LogP contribution is 2.30. The predicted molar refractivity (Wildman–Crippen MR) is 62.8 cm³/mol. The Balaban J connectivity index is 2.89. The molecule has 16 heavy (non-hydrogen) atoms. The highest BCUT2D eigenvalue weighted by atomic mass is 16.5. The van der Waals surface area contributed by atoms with Gasteiger partial charge in [0.05, 0.1) is 18.2 Å². The predicted octanol–water partition coefficient (Wildman–Crippen LogP) is 1.89. The monoisotopic (exact) mass is 218 g/mol. The molecular weight excluding hydrogens is 204 g/mol. The van der Waals surface area contributed by atoms with E-state index in [0.29, 0.717) is 5.56 Å². The number of aromatic amines is 1. The first kappa shape index (κ1) is 10.5. The van der Waals surface area contributed by atoms with Gasteiger partial charge in [0.25, 0.3) is 5.91 Å². The number of aryl methyl sites for hydroxylation is 2. The number of aromatic nitrogens is 1. The van der Waals surface area contributed by atoms with Crippen LogP contribution in [0.15, 0.2) is 12.1 Å². The molecule has 0 aliphatic rings. The number of benzene rings is 1. The first-order valence-electron chi connectivity index (χ1n) is 5.01. The van der Waals surface area contributed by atoms with E-state index in [9.17, 15) is 4.79 Å². The maximum absolute atomic E-state index is 11.4. The molecule has 0 unspecified atom stereocenters. The molecule has 0 saturated heterocycles. The number of nitrogens with one attached hydrogen (secondary N) is 1. The Hall–Kier alpha value is -1.97. The second-order valence-corrected chi connectivity index (χ2v) is 3.88. The number of rotatable bonds is 2. The minimum Gasteiger partial charge on any atom is -0.495 e. The SMILES string of the molecule is COc1cc(C)cc2c(C(N)=O)c(C)[nH]c12. The van der Waals surface area contributed by atoms with E-state index in [-0.39, 0.29) is 0 Å². The fourth-order valence-corrected chi connectivity index (χ4v) is 2.01. The molecule has 4 heteroatoms. The van der Waals surface area contributed by atoms with Crippen LogP contribution >= 0.6 is 0 Å². The highest BCUT2D eigenvalue weighted by Gasteiger charge is 2.16. The number of hydrogen-bond donors (Lipinski definition) is 2. The van der Waals surface area contributed by atoms with Crippen LogP contribution in [0.25, 0.3) is 10.9 Å². The number of ether oxygens (including phenoxy) is 1. The van der Waals surface area contributed by atoms with Gasteiger partial charge in [0.1, 0.15) is 5.75 Å². The maximum atomic E-state index is 11.4. The molecule has 84 valence electrons. The number of nitrogens with two attached hydrogens (primary N) is 1. The van der Waals surface area contributed by atoms with Gasteiger partial charge in [-0.25, -0.2) is 0 Å². The Kier molecular flexibility index (Phi) is 2.34. The molecule has 1 amide bonds. The fraction of sp³-hybridized carbons (Fsp3) is 0.250. The summed E-state index contributed by atoms with van der Waals surface area (Å²) in [5.41, 5.74) is 8.53. The average Bonchev–Trinajstić information content (AvgIpc) is 2.52. The smallest absolute Gasteiger partial charge is 0.251 e. The van der Waals surface area contributed by atoms with Crippen molar-refractivity contribution in [1.29, 1.82) is 0 Å². The van der Waals surface area contributed by atoms with Crippen LogP contribution in [-0.4, -0.2) is 18.0 Å². The van der Waals surface area contributed by atoms with Crippen LogP contribution in [0.2, 0.25) is 0 Å². The van der Waals surface area contributed by atoms with Crippen molar-refractivity contribution in [3.8, 4) is 5.75 Å². The maximum Gasteiger partial charge on any atom is 0.251 e. The average molecular weight is 218 g/mol. The van der Waals surface area contributed by atoms with Crippen molar-refractivity contribution in [2.24, 2.45) is 5.73 Å².